The van der Waals surface area contributed by atoms with Crippen LogP contribution in [-0.2, 0) is 68.2 Å². The molecule has 0 spiro atoms. The third-order valence-electron chi connectivity index (χ3n) is 10.4. The van der Waals surface area contributed by atoms with Gasteiger partial charge < -0.3 is 52.0 Å². The van der Waals surface area contributed by atoms with Gasteiger partial charge in [-0.2, -0.15) is 0 Å². The lowest BCUT2D eigenvalue weighted by Crippen LogP contribution is -2.47. The van der Waals surface area contributed by atoms with Crippen molar-refractivity contribution >= 4 is 27.1 Å². The third kappa shape index (κ3) is 13.9. The summed E-state index contributed by atoms with van der Waals surface area (Å²) in [6.07, 6.45) is -0.855. The van der Waals surface area contributed by atoms with Crippen molar-refractivity contribution in [3.63, 3.8) is 0 Å². The second kappa shape index (κ2) is 25.4. The zero-order valence-corrected chi connectivity index (χ0v) is 40.7. The Morgan fingerprint density at radius 2 is 1.80 bits per heavy atom. The fraction of sp³-hybridized carbons (Fsp3) is 0.628. The molecule has 0 amide bonds. The minimum absolute atomic E-state index is 0.0634. The van der Waals surface area contributed by atoms with E-state index in [0.717, 1.165) is 15.8 Å². The number of methoxy groups -OCH3 is 1. The van der Waals surface area contributed by atoms with Crippen LogP contribution in [0, 0.1) is 13.5 Å². The van der Waals surface area contributed by atoms with Gasteiger partial charge in [-0.25, -0.2) is 35.6 Å². The molecule has 4 aromatic rings. The van der Waals surface area contributed by atoms with Gasteiger partial charge in [-0.1, -0.05) is 30.3 Å². The molecule has 65 heavy (non-hydrogen) atoms. The summed E-state index contributed by atoms with van der Waals surface area (Å²) in [4.78, 5) is 45.1. The normalized spacial score (nSPS) is 19.6. The van der Waals surface area contributed by atoms with Crippen LogP contribution in [0.3, 0.4) is 0 Å². The van der Waals surface area contributed by atoms with Gasteiger partial charge in [0.15, 0.2) is 11.9 Å². The summed E-state index contributed by atoms with van der Waals surface area (Å²) < 4.78 is 71.4. The first-order chi connectivity index (χ1) is 31.2. The van der Waals surface area contributed by atoms with Crippen molar-refractivity contribution in [2.24, 2.45) is 0 Å². The van der Waals surface area contributed by atoms with Gasteiger partial charge in [0.05, 0.1) is 57.3 Å². The summed E-state index contributed by atoms with van der Waals surface area (Å²) in [5.41, 5.74) is 1.90. The number of fused-ring (bicyclic) bond motifs is 1. The van der Waals surface area contributed by atoms with Gasteiger partial charge in [0.1, 0.15) is 43.5 Å². The average molecular weight is 946 g/mol. The first-order valence-corrected chi connectivity index (χ1v) is 25.2. The number of ether oxygens (including phenoxy) is 5. The van der Waals surface area contributed by atoms with Gasteiger partial charge in [-0.3, -0.25) is 13.9 Å². The van der Waals surface area contributed by atoms with Gasteiger partial charge in [-0.15, -0.1) is 0 Å². The minimum atomic E-state index is -3.36. The monoisotopic (exact) mass is 945 g/mol. The SMILES string of the molecule is [C-]#[N+]CCOP(O[C@H]1[C@@H](OCCOC)[C@H](n2cc(C)c(=O)n(COCc3ccccc3)c2=O)O[C@@H]1[C@H](CP(C)(=O)OCC)OCCn1cnc2c(CNC)ncnc21)N(C(C)C)C(C)C. The van der Waals surface area contributed by atoms with Crippen LogP contribution in [0.1, 0.15) is 57.7 Å². The molecule has 1 N–H and O–H groups in total. The van der Waals surface area contributed by atoms with E-state index in [9.17, 15) is 14.2 Å². The first-order valence-electron chi connectivity index (χ1n) is 21.8. The van der Waals surface area contributed by atoms with Crippen LogP contribution < -0.4 is 16.6 Å². The van der Waals surface area contributed by atoms with E-state index in [1.54, 1.807) is 33.9 Å². The Morgan fingerprint density at radius 1 is 1.05 bits per heavy atom. The van der Waals surface area contributed by atoms with Gasteiger partial charge in [-0.05, 0) is 54.2 Å². The number of benzene rings is 1. The Bertz CT molecular complexity index is 2300. The molecule has 0 aliphatic carbocycles. The molecular formula is C43H65N9O11P2. The van der Waals surface area contributed by atoms with Crippen molar-refractivity contribution in [2.75, 3.05) is 66.6 Å². The molecule has 1 fully saturated rings. The molecule has 0 saturated carbocycles. The van der Waals surface area contributed by atoms with Crippen LogP contribution in [0.4, 0.5) is 0 Å². The third-order valence-corrected chi connectivity index (χ3v) is 14.4. The number of rotatable bonds is 28. The lowest BCUT2D eigenvalue weighted by molar-refractivity contribution is -0.105. The number of nitrogens with one attached hydrogen (secondary N) is 1. The zero-order valence-electron chi connectivity index (χ0n) is 38.9. The molecule has 0 radical (unpaired) electrons. The van der Waals surface area contributed by atoms with Crippen molar-refractivity contribution < 1.29 is 41.8 Å². The lowest BCUT2D eigenvalue weighted by Gasteiger charge is -2.39. The quantitative estimate of drug-likeness (QED) is 0.0454. The molecular weight excluding hydrogens is 880 g/mol. The van der Waals surface area contributed by atoms with E-state index in [1.807, 2.05) is 69.6 Å². The number of aryl methyl sites for hydroxylation is 1. The second-order valence-electron chi connectivity index (χ2n) is 16.1. The Morgan fingerprint density at radius 3 is 2.48 bits per heavy atom. The summed E-state index contributed by atoms with van der Waals surface area (Å²) >= 11 is 0. The maximum atomic E-state index is 14.6. The summed E-state index contributed by atoms with van der Waals surface area (Å²) in [6.45, 7) is 21.8. The summed E-state index contributed by atoms with van der Waals surface area (Å²) in [7, 11) is -1.92. The molecule has 1 aliphatic heterocycles. The average Bonchev–Trinajstić information content (AvgIpc) is 3.84. The van der Waals surface area contributed by atoms with Gasteiger partial charge in [0, 0.05) is 50.7 Å². The molecule has 22 heteroatoms. The number of aromatic nitrogens is 6. The van der Waals surface area contributed by atoms with Crippen LogP contribution >= 0.6 is 15.9 Å². The Hall–Kier alpha value is -3.80. The highest BCUT2D eigenvalue weighted by Gasteiger charge is 2.54. The van der Waals surface area contributed by atoms with E-state index in [-0.39, 0.29) is 76.7 Å². The highest BCUT2D eigenvalue weighted by molar-refractivity contribution is 7.58. The Labute approximate surface area is 382 Å². The highest BCUT2D eigenvalue weighted by atomic mass is 31.2. The Balaban J connectivity index is 1.61. The van der Waals surface area contributed by atoms with E-state index in [4.69, 9.17) is 43.8 Å². The molecule has 0 bridgehead atoms. The first kappa shape index (κ1) is 52.2. The van der Waals surface area contributed by atoms with E-state index >= 15 is 0 Å². The van der Waals surface area contributed by atoms with E-state index in [2.05, 4.69) is 29.8 Å². The van der Waals surface area contributed by atoms with Crippen molar-refractivity contribution in [3.8, 4) is 0 Å². The standard InChI is InChI=1S/C43H65N9O11P2/c1-11-61-65(10,55)26-35(58-20-18-49-28-48-36-34(23-45-8)46-27-47-40(36)49)37-38(63-64(60-19-17-44-7)52(30(2)3)31(4)5)39(59-22-21-56-9)42(62-37)50-24-32(6)41(53)51(43(50)54)29-57-25-33-15-13-12-14-16-33/h12-16,24,27-28,30-31,35,37-39,42,45H,11,17-23,25-26,29H2,1-6,8-10H3/t35-,37+,38+,39+,42+,64?,65?/m0/s1. The van der Waals surface area contributed by atoms with Crippen LogP contribution in [0.5, 0.6) is 0 Å². The zero-order chi connectivity index (χ0) is 47.1. The van der Waals surface area contributed by atoms with Crippen LogP contribution in [0.15, 0.2) is 58.8 Å². The van der Waals surface area contributed by atoms with Crippen LogP contribution in [0.2, 0.25) is 0 Å². The molecule has 7 atom stereocenters. The number of nitrogens with zero attached hydrogens (tertiary/aromatic N) is 8. The van der Waals surface area contributed by atoms with Crippen molar-refractivity contribution in [1.29, 1.82) is 0 Å². The lowest BCUT2D eigenvalue weighted by atomic mass is 10.1. The smallest absolute Gasteiger partial charge is 0.335 e. The maximum Gasteiger partial charge on any atom is 0.335 e. The maximum absolute atomic E-state index is 14.6. The minimum Gasteiger partial charge on any atom is -0.382 e. The van der Waals surface area contributed by atoms with Gasteiger partial charge in [0.2, 0.25) is 13.9 Å². The number of hydrogen-bond donors (Lipinski definition) is 1. The Kier molecular flexibility index (Phi) is 20.4. The van der Waals surface area contributed by atoms with Crippen molar-refractivity contribution in [2.45, 2.75) is 111 Å². The molecule has 358 valence electrons. The van der Waals surface area contributed by atoms with Crippen molar-refractivity contribution in [3.05, 3.63) is 98.3 Å². The highest BCUT2D eigenvalue weighted by Crippen LogP contribution is 2.52. The molecule has 1 aliphatic rings. The molecule has 3 aromatic heterocycles. The van der Waals surface area contributed by atoms with E-state index < -0.39 is 57.8 Å². The summed E-state index contributed by atoms with van der Waals surface area (Å²) in [5, 5.41) is 3.11. The summed E-state index contributed by atoms with van der Waals surface area (Å²) in [5.74, 6) is 0. The van der Waals surface area contributed by atoms with Gasteiger partial charge in [0.25, 0.3) is 14.1 Å². The number of imidazole rings is 1. The predicted molar refractivity (Wildman–Crippen MR) is 246 cm³/mol. The molecule has 4 heterocycles. The van der Waals surface area contributed by atoms with Gasteiger partial charge >= 0.3 is 5.69 Å². The molecule has 5 rings (SSSR count). The predicted octanol–water partition coefficient (Wildman–Crippen LogP) is 4.98. The largest absolute Gasteiger partial charge is 0.382 e. The fourth-order valence-electron chi connectivity index (χ4n) is 7.63. The fourth-order valence-corrected chi connectivity index (χ4v) is 11.0. The second-order valence-corrected chi connectivity index (χ2v) is 20.2. The van der Waals surface area contributed by atoms with E-state index in [1.165, 1.54) is 17.1 Å². The van der Waals surface area contributed by atoms with Crippen LogP contribution in [-0.4, -0.2) is 136 Å². The number of hydrogen-bond acceptors (Lipinski definition) is 16. The van der Waals surface area contributed by atoms with E-state index in [0.29, 0.717) is 24.3 Å². The van der Waals surface area contributed by atoms with Crippen LogP contribution in [0.25, 0.3) is 16.0 Å². The molecule has 20 nitrogen and oxygen atoms in total. The molecule has 1 aromatic carbocycles. The van der Waals surface area contributed by atoms with Crippen molar-refractivity contribution in [1.82, 2.24) is 38.6 Å². The molecule has 1 saturated heterocycles. The summed E-state index contributed by atoms with van der Waals surface area (Å²) in [6, 6.07) is 9.29. The molecule has 2 unspecified atom stereocenters. The topological polar surface area (TPSA) is 198 Å².